The molecule has 1 aromatic heterocycles. The number of carbonyl (C=O) groups is 1. The highest BCUT2D eigenvalue weighted by molar-refractivity contribution is 6.33. The number of nitrogens with two attached hydrogens (primary N) is 1. The Labute approximate surface area is 160 Å². The number of hydrogen-bond acceptors (Lipinski definition) is 7. The number of amides is 1. The van der Waals surface area contributed by atoms with E-state index in [0.717, 1.165) is 11.4 Å². The van der Waals surface area contributed by atoms with Crippen LogP contribution in [0.3, 0.4) is 0 Å². The van der Waals surface area contributed by atoms with Gasteiger partial charge in [0.1, 0.15) is 17.8 Å². The van der Waals surface area contributed by atoms with Crippen molar-refractivity contribution in [1.29, 1.82) is 0 Å². The van der Waals surface area contributed by atoms with Gasteiger partial charge in [-0.05, 0) is 36.4 Å². The van der Waals surface area contributed by atoms with Crippen LogP contribution in [-0.4, -0.2) is 23.0 Å². The molecule has 0 spiro atoms. The molecule has 2 aromatic carbocycles. The number of carbonyl (C=O) groups excluding carboxylic acids is 1. The number of benzene rings is 2. The van der Waals surface area contributed by atoms with Crippen molar-refractivity contribution in [1.82, 2.24) is 15.4 Å². The molecule has 3 rings (SSSR count). The largest absolute Gasteiger partial charge is 0.497 e. The second-order valence-electron chi connectivity index (χ2n) is 5.40. The second-order valence-corrected chi connectivity index (χ2v) is 5.80. The molecule has 0 saturated carbocycles. The number of methoxy groups -OCH3 is 1. The Morgan fingerprint density at radius 3 is 2.48 bits per heavy atom. The number of hydrazine groups is 1. The van der Waals surface area contributed by atoms with Crippen LogP contribution in [-0.2, 0) is 0 Å². The maximum absolute atomic E-state index is 12.2. The van der Waals surface area contributed by atoms with Crippen molar-refractivity contribution < 1.29 is 9.53 Å². The van der Waals surface area contributed by atoms with Gasteiger partial charge in [0.25, 0.3) is 5.91 Å². The number of nitrogens with one attached hydrogen (secondary N) is 3. The summed E-state index contributed by atoms with van der Waals surface area (Å²) in [6, 6.07) is 14.0. The molecule has 27 heavy (non-hydrogen) atoms. The van der Waals surface area contributed by atoms with E-state index in [9.17, 15) is 4.79 Å². The van der Waals surface area contributed by atoms with Gasteiger partial charge in [0.05, 0.1) is 17.7 Å². The van der Waals surface area contributed by atoms with Crippen LogP contribution in [0.15, 0.2) is 54.9 Å². The number of nitrogens with zero attached hydrogens (tertiary/aromatic N) is 2. The number of ether oxygens (including phenoxy) is 1. The number of aromatic nitrogens is 2. The average molecular weight is 385 g/mol. The van der Waals surface area contributed by atoms with E-state index in [1.165, 1.54) is 6.33 Å². The van der Waals surface area contributed by atoms with Gasteiger partial charge >= 0.3 is 0 Å². The predicted molar refractivity (Wildman–Crippen MR) is 105 cm³/mol. The third-order valence-electron chi connectivity index (χ3n) is 3.65. The maximum Gasteiger partial charge on any atom is 0.271 e. The molecule has 1 amide bonds. The highest BCUT2D eigenvalue weighted by Gasteiger charge is 2.12. The van der Waals surface area contributed by atoms with Gasteiger partial charge in [0, 0.05) is 5.69 Å². The Hall–Kier alpha value is -3.52. The fraction of sp³-hybridized carbons (Fsp3) is 0.0556. The van der Waals surface area contributed by atoms with Crippen molar-refractivity contribution in [2.75, 3.05) is 23.6 Å². The molecule has 0 radical (unpaired) electrons. The van der Waals surface area contributed by atoms with Gasteiger partial charge in [-0.15, -0.1) is 0 Å². The zero-order valence-corrected chi connectivity index (χ0v) is 15.1. The van der Waals surface area contributed by atoms with Gasteiger partial charge in [0.15, 0.2) is 11.6 Å². The van der Waals surface area contributed by atoms with E-state index in [0.29, 0.717) is 16.4 Å². The molecule has 0 fully saturated rings. The zero-order chi connectivity index (χ0) is 19.2. The Morgan fingerprint density at radius 2 is 1.78 bits per heavy atom. The van der Waals surface area contributed by atoms with E-state index in [4.69, 9.17) is 22.1 Å². The number of halogens is 1. The molecule has 3 aromatic rings. The van der Waals surface area contributed by atoms with Crippen LogP contribution in [0.5, 0.6) is 5.75 Å². The van der Waals surface area contributed by atoms with E-state index in [1.807, 2.05) is 24.3 Å². The third kappa shape index (κ3) is 4.36. The van der Waals surface area contributed by atoms with Crippen LogP contribution in [0.4, 0.5) is 23.0 Å². The summed E-state index contributed by atoms with van der Waals surface area (Å²) in [6.07, 6.45) is 1.33. The molecule has 0 aliphatic heterocycles. The Balaban J connectivity index is 1.71. The van der Waals surface area contributed by atoms with E-state index in [-0.39, 0.29) is 11.5 Å². The summed E-state index contributed by atoms with van der Waals surface area (Å²) in [6.45, 7) is 0. The van der Waals surface area contributed by atoms with E-state index in [2.05, 4.69) is 26.1 Å². The van der Waals surface area contributed by atoms with Crippen LogP contribution in [0, 0.1) is 0 Å². The van der Waals surface area contributed by atoms with Gasteiger partial charge in [-0.2, -0.15) is 0 Å². The summed E-state index contributed by atoms with van der Waals surface area (Å²) in [7, 11) is 1.60. The lowest BCUT2D eigenvalue weighted by Gasteiger charge is -2.13. The minimum atomic E-state index is -0.414. The lowest BCUT2D eigenvalue weighted by atomic mass is 10.2. The lowest BCUT2D eigenvalue weighted by molar-refractivity contribution is 0.0962. The molecule has 0 bridgehead atoms. The molecule has 0 atom stereocenters. The maximum atomic E-state index is 12.2. The molecular weight excluding hydrogens is 368 g/mol. The molecule has 0 aliphatic carbocycles. The lowest BCUT2D eigenvalue weighted by Crippen LogP contribution is -2.30. The van der Waals surface area contributed by atoms with Crippen molar-refractivity contribution in [3.63, 3.8) is 0 Å². The summed E-state index contributed by atoms with van der Waals surface area (Å²) >= 11 is 6.01. The summed E-state index contributed by atoms with van der Waals surface area (Å²) in [5.74, 6) is 0.968. The fourth-order valence-electron chi connectivity index (χ4n) is 2.23. The van der Waals surface area contributed by atoms with Crippen LogP contribution in [0.25, 0.3) is 0 Å². The van der Waals surface area contributed by atoms with Crippen LogP contribution < -0.4 is 26.6 Å². The summed E-state index contributed by atoms with van der Waals surface area (Å²) in [5, 5.41) is 3.43. The Bertz CT molecular complexity index is 949. The van der Waals surface area contributed by atoms with Gasteiger partial charge in [-0.3, -0.25) is 15.6 Å². The molecule has 0 unspecified atom stereocenters. The Kier molecular flexibility index (Phi) is 5.58. The normalized spacial score (nSPS) is 10.1. The van der Waals surface area contributed by atoms with Crippen molar-refractivity contribution in [2.24, 2.45) is 0 Å². The molecule has 0 aliphatic rings. The smallest absolute Gasteiger partial charge is 0.271 e. The van der Waals surface area contributed by atoms with Gasteiger partial charge < -0.3 is 15.8 Å². The first kappa shape index (κ1) is 18.3. The second kappa shape index (κ2) is 8.24. The highest BCUT2D eigenvalue weighted by atomic mass is 35.5. The average Bonchev–Trinajstić information content (AvgIpc) is 2.69. The Morgan fingerprint density at radius 1 is 1.07 bits per heavy atom. The van der Waals surface area contributed by atoms with E-state index < -0.39 is 5.91 Å². The van der Waals surface area contributed by atoms with Crippen LogP contribution >= 0.6 is 11.6 Å². The molecule has 8 nitrogen and oxygen atoms in total. The minimum absolute atomic E-state index is 0.243. The highest BCUT2D eigenvalue weighted by Crippen LogP contribution is 2.26. The van der Waals surface area contributed by atoms with Gasteiger partial charge in [0.2, 0.25) is 0 Å². The predicted octanol–water partition coefficient (Wildman–Crippen LogP) is 3.22. The van der Waals surface area contributed by atoms with Crippen LogP contribution in [0.1, 0.15) is 10.4 Å². The summed E-state index contributed by atoms with van der Waals surface area (Å²) < 4.78 is 5.12. The first-order chi connectivity index (χ1) is 13.1. The quantitative estimate of drug-likeness (QED) is 0.482. The van der Waals surface area contributed by atoms with Crippen molar-refractivity contribution in [3.05, 3.63) is 65.4 Å². The van der Waals surface area contributed by atoms with Gasteiger partial charge in [-0.1, -0.05) is 23.7 Å². The molecule has 5 N–H and O–H groups in total. The fourth-order valence-corrected chi connectivity index (χ4v) is 2.46. The third-order valence-corrected chi connectivity index (χ3v) is 3.98. The standard InChI is InChI=1S/C18H17ClN6O2/c1-27-12-8-6-11(7-9-12)23-16-15(20)17(22-10-21-16)24-25-18(26)13-4-2-3-5-14(13)19/h2-10H,20H2,1H3,(H,25,26)(H2,21,22,23,24). The van der Waals surface area contributed by atoms with Crippen molar-refractivity contribution >= 4 is 40.5 Å². The zero-order valence-electron chi connectivity index (χ0n) is 14.4. The summed E-state index contributed by atoms with van der Waals surface area (Å²) in [5.41, 5.74) is 12.6. The molecule has 1 heterocycles. The van der Waals surface area contributed by atoms with Gasteiger partial charge in [-0.25, -0.2) is 9.97 Å². The topological polar surface area (TPSA) is 114 Å². The van der Waals surface area contributed by atoms with Crippen LogP contribution in [0.2, 0.25) is 5.02 Å². The van der Waals surface area contributed by atoms with Crippen molar-refractivity contribution in [2.45, 2.75) is 0 Å². The first-order valence-electron chi connectivity index (χ1n) is 7.91. The molecule has 138 valence electrons. The molecular formula is C18H17ClN6O2. The molecule has 9 heteroatoms. The monoisotopic (exact) mass is 384 g/mol. The number of hydrogen-bond donors (Lipinski definition) is 4. The number of nitrogen functional groups attached to an aromatic ring is 1. The van der Waals surface area contributed by atoms with Crippen molar-refractivity contribution in [3.8, 4) is 5.75 Å². The summed E-state index contributed by atoms with van der Waals surface area (Å²) in [4.78, 5) is 20.4. The number of rotatable bonds is 6. The van der Waals surface area contributed by atoms with E-state index >= 15 is 0 Å². The minimum Gasteiger partial charge on any atom is -0.497 e. The molecule has 0 saturated heterocycles. The van der Waals surface area contributed by atoms with E-state index in [1.54, 1.807) is 31.4 Å². The first-order valence-corrected chi connectivity index (χ1v) is 8.28. The SMILES string of the molecule is COc1ccc(Nc2ncnc(NNC(=O)c3ccccc3Cl)c2N)cc1. The number of anilines is 4.